The molecule has 0 spiro atoms. The number of rotatable bonds is 5. The fraction of sp³-hybridized carbons (Fsp3) is 0.267. The molecule has 0 aliphatic carbocycles. The van der Waals surface area contributed by atoms with Crippen molar-refractivity contribution < 1.29 is 9.13 Å². The average molecular weight is 374 g/mol. The van der Waals surface area contributed by atoms with Gasteiger partial charge in [0.1, 0.15) is 17.3 Å². The smallest absolute Gasteiger partial charge is 0.145 e. The first-order chi connectivity index (χ1) is 10.0. The summed E-state index contributed by atoms with van der Waals surface area (Å²) >= 11 is 8.98. The molecular formula is C15H15BrClFN2O. The molecule has 21 heavy (non-hydrogen) atoms. The van der Waals surface area contributed by atoms with E-state index in [2.05, 4.69) is 26.2 Å². The van der Waals surface area contributed by atoms with Crippen LogP contribution in [0.5, 0.6) is 11.5 Å². The second kappa shape index (κ2) is 7.20. The predicted octanol–water partition coefficient (Wildman–Crippen LogP) is 5.10. The van der Waals surface area contributed by atoms with Crippen LogP contribution in [0.4, 0.5) is 4.39 Å². The van der Waals surface area contributed by atoms with E-state index < -0.39 is 5.82 Å². The number of hydrogen-bond acceptors (Lipinski definition) is 3. The second-order valence-electron chi connectivity index (χ2n) is 4.50. The van der Waals surface area contributed by atoms with E-state index in [1.807, 2.05) is 19.9 Å². The highest BCUT2D eigenvalue weighted by atomic mass is 79.9. The van der Waals surface area contributed by atoms with E-state index in [4.69, 9.17) is 16.3 Å². The first kappa shape index (κ1) is 16.2. The number of nitrogens with zero attached hydrogens (tertiary/aromatic N) is 1. The first-order valence-electron chi connectivity index (χ1n) is 6.53. The molecule has 2 rings (SSSR count). The summed E-state index contributed by atoms with van der Waals surface area (Å²) in [4.78, 5) is 4.34. The fourth-order valence-electron chi connectivity index (χ4n) is 1.83. The van der Waals surface area contributed by atoms with Crippen molar-refractivity contribution in [2.75, 3.05) is 6.54 Å². The molecule has 2 aromatic rings. The van der Waals surface area contributed by atoms with Crippen LogP contribution in [-0.4, -0.2) is 11.5 Å². The second-order valence-corrected chi connectivity index (χ2v) is 5.76. The molecule has 1 heterocycles. The monoisotopic (exact) mass is 372 g/mol. The van der Waals surface area contributed by atoms with Crippen molar-refractivity contribution in [3.63, 3.8) is 0 Å². The zero-order chi connectivity index (χ0) is 15.4. The van der Waals surface area contributed by atoms with Gasteiger partial charge in [0.25, 0.3) is 0 Å². The van der Waals surface area contributed by atoms with Gasteiger partial charge in [-0.25, -0.2) is 4.39 Å². The van der Waals surface area contributed by atoms with Crippen molar-refractivity contribution in [1.29, 1.82) is 0 Å². The van der Waals surface area contributed by atoms with Crippen LogP contribution < -0.4 is 10.1 Å². The van der Waals surface area contributed by atoms with Crippen molar-refractivity contribution in [2.24, 2.45) is 0 Å². The summed E-state index contributed by atoms with van der Waals surface area (Å²) in [5.74, 6) is 0.358. The predicted molar refractivity (Wildman–Crippen MR) is 85.5 cm³/mol. The fourth-order valence-corrected chi connectivity index (χ4v) is 2.55. The number of ether oxygens (including phenoxy) is 1. The lowest BCUT2D eigenvalue weighted by Gasteiger charge is -2.13. The SMILES string of the molecule is CCNC(C)c1ccc(Oc2cc(F)c(Cl)cc2Br)cn1. The molecule has 1 N–H and O–H groups in total. The van der Waals surface area contributed by atoms with Crippen LogP contribution >= 0.6 is 27.5 Å². The number of benzene rings is 1. The number of nitrogens with one attached hydrogen (secondary N) is 1. The Balaban J connectivity index is 2.15. The van der Waals surface area contributed by atoms with Crippen molar-refractivity contribution in [2.45, 2.75) is 19.9 Å². The molecule has 3 nitrogen and oxygen atoms in total. The van der Waals surface area contributed by atoms with Crippen molar-refractivity contribution in [3.05, 3.63) is 51.5 Å². The Morgan fingerprint density at radius 3 is 2.81 bits per heavy atom. The zero-order valence-corrected chi connectivity index (χ0v) is 14.0. The lowest BCUT2D eigenvalue weighted by atomic mass is 10.2. The summed E-state index contributed by atoms with van der Waals surface area (Å²) in [5.41, 5.74) is 0.922. The van der Waals surface area contributed by atoms with Gasteiger partial charge in [-0.3, -0.25) is 4.98 Å². The normalized spacial score (nSPS) is 12.2. The molecule has 0 amide bonds. The Kier molecular flexibility index (Phi) is 5.56. The van der Waals surface area contributed by atoms with Crippen LogP contribution in [0.25, 0.3) is 0 Å². The summed E-state index contributed by atoms with van der Waals surface area (Å²) in [6.45, 7) is 4.95. The first-order valence-corrected chi connectivity index (χ1v) is 7.70. The zero-order valence-electron chi connectivity index (χ0n) is 11.7. The van der Waals surface area contributed by atoms with Gasteiger partial charge in [-0.05, 0) is 47.6 Å². The van der Waals surface area contributed by atoms with E-state index in [0.717, 1.165) is 12.2 Å². The summed E-state index contributed by atoms with van der Waals surface area (Å²) in [6.07, 6.45) is 1.61. The van der Waals surface area contributed by atoms with Gasteiger partial charge in [0.05, 0.1) is 21.4 Å². The third kappa shape index (κ3) is 4.15. The molecular weight excluding hydrogens is 359 g/mol. The van der Waals surface area contributed by atoms with Gasteiger partial charge in [-0.15, -0.1) is 0 Å². The van der Waals surface area contributed by atoms with Crippen molar-refractivity contribution in [3.8, 4) is 11.5 Å². The number of aromatic nitrogens is 1. The Hall–Kier alpha value is -1.17. The van der Waals surface area contributed by atoms with Crippen molar-refractivity contribution >= 4 is 27.5 Å². The van der Waals surface area contributed by atoms with Crippen LogP contribution in [0.15, 0.2) is 34.9 Å². The van der Waals surface area contributed by atoms with E-state index in [0.29, 0.717) is 16.0 Å². The molecule has 1 aromatic heterocycles. The summed E-state index contributed by atoms with van der Waals surface area (Å²) < 4.78 is 19.7. The largest absolute Gasteiger partial charge is 0.454 e. The topological polar surface area (TPSA) is 34.1 Å². The molecule has 0 aliphatic heterocycles. The minimum absolute atomic E-state index is 0.0437. The molecule has 0 fully saturated rings. The molecule has 0 saturated carbocycles. The quantitative estimate of drug-likeness (QED) is 0.740. The Labute approximate surface area is 136 Å². The molecule has 6 heteroatoms. The summed E-state index contributed by atoms with van der Waals surface area (Å²) in [6, 6.07) is 6.55. The Morgan fingerprint density at radius 1 is 1.43 bits per heavy atom. The highest BCUT2D eigenvalue weighted by Crippen LogP contribution is 2.33. The van der Waals surface area contributed by atoms with E-state index >= 15 is 0 Å². The van der Waals surface area contributed by atoms with Gasteiger partial charge in [0.15, 0.2) is 0 Å². The van der Waals surface area contributed by atoms with Gasteiger partial charge in [-0.1, -0.05) is 18.5 Å². The standard InChI is InChI=1S/C15H15BrClFN2O/c1-3-19-9(2)14-5-4-10(8-20-14)21-15-7-13(18)12(17)6-11(15)16/h4-9,19H,3H2,1-2H3. The van der Waals surface area contributed by atoms with Gasteiger partial charge in [-0.2, -0.15) is 0 Å². The van der Waals surface area contributed by atoms with E-state index in [9.17, 15) is 4.39 Å². The maximum Gasteiger partial charge on any atom is 0.145 e. The Morgan fingerprint density at radius 2 is 2.19 bits per heavy atom. The highest BCUT2D eigenvalue weighted by molar-refractivity contribution is 9.10. The number of pyridine rings is 1. The van der Waals surface area contributed by atoms with E-state index in [1.54, 1.807) is 12.3 Å². The van der Waals surface area contributed by atoms with Crippen LogP contribution in [0.1, 0.15) is 25.6 Å². The van der Waals surface area contributed by atoms with Crippen LogP contribution in [0.3, 0.4) is 0 Å². The summed E-state index contributed by atoms with van der Waals surface area (Å²) in [5, 5.41) is 3.32. The maximum absolute atomic E-state index is 13.5. The number of hydrogen-bond donors (Lipinski definition) is 1. The average Bonchev–Trinajstić information content (AvgIpc) is 2.46. The minimum Gasteiger partial charge on any atom is -0.454 e. The van der Waals surface area contributed by atoms with Gasteiger partial charge in [0, 0.05) is 12.1 Å². The van der Waals surface area contributed by atoms with Gasteiger partial charge < -0.3 is 10.1 Å². The molecule has 112 valence electrons. The van der Waals surface area contributed by atoms with E-state index in [-0.39, 0.29) is 11.1 Å². The minimum atomic E-state index is -0.528. The number of halogens is 3. The molecule has 0 aliphatic rings. The molecule has 1 aromatic carbocycles. The van der Waals surface area contributed by atoms with Crippen LogP contribution in [-0.2, 0) is 0 Å². The van der Waals surface area contributed by atoms with Gasteiger partial charge >= 0.3 is 0 Å². The molecule has 0 radical (unpaired) electrons. The van der Waals surface area contributed by atoms with Gasteiger partial charge in [0.2, 0.25) is 0 Å². The summed E-state index contributed by atoms with van der Waals surface area (Å²) in [7, 11) is 0. The molecule has 1 unspecified atom stereocenters. The molecule has 1 atom stereocenters. The molecule has 0 bridgehead atoms. The van der Waals surface area contributed by atoms with Crippen molar-refractivity contribution in [1.82, 2.24) is 10.3 Å². The van der Waals surface area contributed by atoms with Crippen LogP contribution in [0, 0.1) is 5.82 Å². The van der Waals surface area contributed by atoms with E-state index in [1.165, 1.54) is 12.1 Å². The molecule has 0 saturated heterocycles. The lowest BCUT2D eigenvalue weighted by molar-refractivity contribution is 0.469. The highest BCUT2D eigenvalue weighted by Gasteiger charge is 2.10. The van der Waals surface area contributed by atoms with Crippen LogP contribution in [0.2, 0.25) is 5.02 Å². The lowest BCUT2D eigenvalue weighted by Crippen LogP contribution is -2.18. The Bertz CT molecular complexity index is 622. The maximum atomic E-state index is 13.5. The third-order valence-corrected chi connectivity index (χ3v) is 3.83. The third-order valence-electron chi connectivity index (χ3n) is 2.92.